The maximum Gasteiger partial charge on any atom is 1.00 e. The molecule has 2 heterocycles. The summed E-state index contributed by atoms with van der Waals surface area (Å²) in [5.74, 6) is -2.04. The number of methoxy groups -OCH3 is 1. The van der Waals surface area contributed by atoms with Crippen LogP contribution in [0.15, 0.2) is 30.3 Å². The zero-order valence-corrected chi connectivity index (χ0v) is 26.3. The van der Waals surface area contributed by atoms with Crippen molar-refractivity contribution in [3.8, 4) is 28.7 Å². The smallest absolute Gasteiger partial charge is 1.00 e. The van der Waals surface area contributed by atoms with E-state index in [1.54, 1.807) is 6.07 Å². The second-order valence-electron chi connectivity index (χ2n) is 10.4. The number of phenols is 3. The molecule has 16 heteroatoms. The van der Waals surface area contributed by atoms with Crippen LogP contribution in [0.2, 0.25) is 0 Å². The number of Topliss-reactive ketones (excluding diaryl/α,β-unsaturated/α-hetero) is 1. The van der Waals surface area contributed by atoms with Crippen molar-refractivity contribution >= 4 is 5.78 Å². The fourth-order valence-electron chi connectivity index (χ4n) is 4.98. The minimum Gasteiger partial charge on any atom is -1.00 e. The van der Waals surface area contributed by atoms with E-state index in [2.05, 4.69) is 0 Å². The number of ether oxygens (including phenoxy) is 5. The molecule has 0 spiro atoms. The number of ketones is 1. The van der Waals surface area contributed by atoms with E-state index in [1.807, 2.05) is 0 Å². The number of benzene rings is 2. The number of aliphatic hydroxyl groups excluding tert-OH is 6. The van der Waals surface area contributed by atoms with Gasteiger partial charge in [0.25, 0.3) is 0 Å². The number of rotatable bonds is 10. The zero-order valence-electron chi connectivity index (χ0n) is 25.3. The van der Waals surface area contributed by atoms with Crippen LogP contribution in [0.3, 0.4) is 0 Å². The van der Waals surface area contributed by atoms with E-state index in [-0.39, 0.29) is 61.1 Å². The number of aliphatic hydroxyl groups is 6. The van der Waals surface area contributed by atoms with Crippen molar-refractivity contribution in [1.29, 1.82) is 0 Å². The number of phenolic OH excluding ortho intramolecular Hbond substituents is 3. The van der Waals surface area contributed by atoms with E-state index in [0.29, 0.717) is 5.56 Å². The quantitative estimate of drug-likeness (QED) is 0.0886. The van der Waals surface area contributed by atoms with E-state index in [0.717, 1.165) is 12.1 Å². The van der Waals surface area contributed by atoms with Gasteiger partial charge < -0.3 is 71.1 Å². The first-order valence-corrected chi connectivity index (χ1v) is 13.5. The predicted molar refractivity (Wildman–Crippen MR) is 144 cm³/mol. The molecule has 0 saturated carbocycles. The van der Waals surface area contributed by atoms with Crippen molar-refractivity contribution in [3.63, 3.8) is 0 Å². The molecule has 2 saturated heterocycles. The Morgan fingerprint density at radius 1 is 0.886 bits per heavy atom. The summed E-state index contributed by atoms with van der Waals surface area (Å²) in [5.41, 5.74) is 0.207. The largest absolute Gasteiger partial charge is 1.00 e. The maximum atomic E-state index is 12.9. The molecule has 2 fully saturated rings. The van der Waals surface area contributed by atoms with E-state index in [1.165, 1.54) is 26.2 Å². The maximum absolute atomic E-state index is 12.9. The molecule has 240 valence electrons. The van der Waals surface area contributed by atoms with Gasteiger partial charge in [-0.3, -0.25) is 4.79 Å². The Labute approximate surface area is 275 Å². The van der Waals surface area contributed by atoms with Gasteiger partial charge in [0.15, 0.2) is 36.0 Å². The number of carbonyl (C=O) groups is 1. The molecule has 10 atom stereocenters. The van der Waals surface area contributed by atoms with Gasteiger partial charge in [0, 0.05) is 18.6 Å². The summed E-state index contributed by atoms with van der Waals surface area (Å²) in [6.07, 6.45) is -15.5. The number of carbonyl (C=O) groups excluding carboxylic acids is 1. The van der Waals surface area contributed by atoms with Crippen LogP contribution < -0.4 is 39.0 Å². The summed E-state index contributed by atoms with van der Waals surface area (Å²) in [4.78, 5) is 12.9. The minimum atomic E-state index is -1.83. The van der Waals surface area contributed by atoms with Crippen LogP contribution in [0.5, 0.6) is 28.7 Å². The number of aryl methyl sites for hydroxylation is 1. The average Bonchev–Trinajstić information content (AvgIpc) is 2.96. The summed E-state index contributed by atoms with van der Waals surface area (Å²) < 4.78 is 27.0. The zero-order chi connectivity index (χ0) is 31.6. The van der Waals surface area contributed by atoms with E-state index in [4.69, 9.17) is 23.7 Å². The van der Waals surface area contributed by atoms with Crippen LogP contribution in [-0.2, 0) is 20.6 Å². The van der Waals surface area contributed by atoms with Gasteiger partial charge in [-0.15, -0.1) is 0 Å². The third-order valence-corrected chi connectivity index (χ3v) is 7.42. The van der Waals surface area contributed by atoms with Crippen molar-refractivity contribution in [2.45, 2.75) is 81.2 Å². The first-order valence-electron chi connectivity index (χ1n) is 13.5. The molecular formula is C28H37NaO15. The summed E-state index contributed by atoms with van der Waals surface area (Å²) in [5, 5.41) is 92.5. The summed E-state index contributed by atoms with van der Waals surface area (Å²) in [6.45, 7) is 0.707. The predicted octanol–water partition coefficient (Wildman–Crippen LogP) is -4.23. The normalized spacial score (nSPS) is 32.0. The third-order valence-electron chi connectivity index (χ3n) is 7.42. The van der Waals surface area contributed by atoms with Crippen molar-refractivity contribution < 1.29 is 105 Å². The van der Waals surface area contributed by atoms with Gasteiger partial charge >= 0.3 is 29.6 Å². The van der Waals surface area contributed by atoms with Gasteiger partial charge in [0.2, 0.25) is 0 Å². The van der Waals surface area contributed by atoms with Gasteiger partial charge in [-0.2, -0.15) is 0 Å². The molecular weight excluding hydrogens is 599 g/mol. The molecule has 0 amide bonds. The second kappa shape index (κ2) is 15.4. The van der Waals surface area contributed by atoms with E-state index < -0.39 is 90.9 Å². The Kier molecular flexibility index (Phi) is 12.6. The molecule has 0 radical (unpaired) electrons. The van der Waals surface area contributed by atoms with Crippen molar-refractivity contribution in [3.05, 3.63) is 41.5 Å². The van der Waals surface area contributed by atoms with Crippen molar-refractivity contribution in [2.75, 3.05) is 13.7 Å². The summed E-state index contributed by atoms with van der Waals surface area (Å²) >= 11 is 0. The molecule has 9 N–H and O–H groups in total. The molecule has 0 unspecified atom stereocenters. The molecule has 0 bridgehead atoms. The first kappa shape index (κ1) is 36.2. The monoisotopic (exact) mass is 636 g/mol. The Bertz CT molecular complexity index is 1260. The van der Waals surface area contributed by atoms with Crippen LogP contribution in [0.4, 0.5) is 0 Å². The van der Waals surface area contributed by atoms with Crippen molar-refractivity contribution in [1.82, 2.24) is 0 Å². The van der Waals surface area contributed by atoms with Crippen LogP contribution >= 0.6 is 0 Å². The Morgan fingerprint density at radius 2 is 1.52 bits per heavy atom. The standard InChI is InChI=1S/C28H36O15.Na.H/c1-11-21(34)23(36)26(28(40-11)43-25-24(37)22(35)19(10-29)42-27(25)38)41-13-8-16(32)20(17(33)9-13)14(30)5-3-12-4-6-18(39-2)15(31)7-12;;/h4,6-9,11,19,21-29,31-38H,3,5,10H2,1-2H3;;/q;+1;-1/t11-,19+,21-,22+,23+,24-,25+,26+,27+,28-;;/m0../s1. The fourth-order valence-corrected chi connectivity index (χ4v) is 4.98. The Morgan fingerprint density at radius 3 is 2.11 bits per heavy atom. The molecule has 2 aromatic rings. The molecule has 15 nitrogen and oxygen atoms in total. The average molecular weight is 637 g/mol. The molecule has 44 heavy (non-hydrogen) atoms. The molecule has 4 rings (SSSR count). The molecule has 2 aromatic carbocycles. The van der Waals surface area contributed by atoms with Crippen LogP contribution in [0, 0.1) is 0 Å². The van der Waals surface area contributed by atoms with Gasteiger partial charge in [0.05, 0.1) is 19.8 Å². The van der Waals surface area contributed by atoms with Gasteiger partial charge in [-0.05, 0) is 31.0 Å². The fraction of sp³-hybridized carbons (Fsp3) is 0.536. The minimum absolute atomic E-state index is 0. The third kappa shape index (κ3) is 7.75. The van der Waals surface area contributed by atoms with E-state index in [9.17, 15) is 50.8 Å². The van der Waals surface area contributed by atoms with Gasteiger partial charge in [0.1, 0.15) is 59.4 Å². The first-order chi connectivity index (χ1) is 20.4. The van der Waals surface area contributed by atoms with Gasteiger partial charge in [-0.1, -0.05) is 6.07 Å². The molecule has 2 aliphatic rings. The van der Waals surface area contributed by atoms with E-state index >= 15 is 0 Å². The molecule has 0 aromatic heterocycles. The number of aromatic hydroxyl groups is 3. The SMILES string of the molecule is COc1ccc(CCC(=O)c2c(O)cc(O[C@H]3[C@H](O[C@@H]4[C@@H](O)[C@H](O)[C@@H](CO)O[C@H]4O)O[C@@H](C)[C@H](O)[C@H]3O)cc2O)cc1O.[H-].[Na+]. The van der Waals surface area contributed by atoms with Crippen LogP contribution in [0.25, 0.3) is 0 Å². The summed E-state index contributed by atoms with van der Waals surface area (Å²) in [7, 11) is 1.40. The molecule has 2 aliphatic heterocycles. The topological polar surface area (TPSA) is 245 Å². The van der Waals surface area contributed by atoms with Crippen molar-refractivity contribution in [2.24, 2.45) is 0 Å². The molecule has 0 aliphatic carbocycles. The number of hydrogen-bond acceptors (Lipinski definition) is 15. The van der Waals surface area contributed by atoms with Gasteiger partial charge in [-0.25, -0.2) is 0 Å². The van der Waals surface area contributed by atoms with Crippen LogP contribution in [-0.4, -0.2) is 127 Å². The summed E-state index contributed by atoms with van der Waals surface area (Å²) in [6, 6.07) is 6.59. The van der Waals surface area contributed by atoms with Crippen LogP contribution in [0.1, 0.15) is 30.7 Å². The Hall–Kier alpha value is -2.25. The second-order valence-corrected chi connectivity index (χ2v) is 10.4. The Balaban J connectivity index is 0.00000353. The number of hydrogen-bond donors (Lipinski definition) is 9.